The van der Waals surface area contributed by atoms with Crippen molar-refractivity contribution in [2.24, 2.45) is 4.99 Å². The lowest BCUT2D eigenvalue weighted by molar-refractivity contribution is -0.384. The Labute approximate surface area is 193 Å². The summed E-state index contributed by atoms with van der Waals surface area (Å²) in [5.41, 5.74) is 5.08. The second-order valence-corrected chi connectivity index (χ2v) is 7.99. The Morgan fingerprint density at radius 3 is 2.30 bits per heavy atom. The maximum atomic E-state index is 11.0. The van der Waals surface area contributed by atoms with Crippen LogP contribution in [0.15, 0.2) is 101 Å². The second kappa shape index (κ2) is 8.97. The number of nitro groups is 1. The molecular weight excluding hydrogens is 434 g/mol. The number of aromatic nitrogens is 3. The van der Waals surface area contributed by atoms with E-state index < -0.39 is 4.92 Å². The number of para-hydroxylation sites is 1. The first-order valence-electron chi connectivity index (χ1n) is 10.1. The molecule has 0 unspecified atom stereocenters. The van der Waals surface area contributed by atoms with E-state index in [1.165, 1.54) is 23.5 Å². The molecule has 0 bridgehead atoms. The molecule has 3 aromatic carbocycles. The van der Waals surface area contributed by atoms with Gasteiger partial charge in [0, 0.05) is 46.6 Å². The number of nitro benzene ring substituents is 1. The molecule has 0 aliphatic carbocycles. The van der Waals surface area contributed by atoms with Gasteiger partial charge >= 0.3 is 0 Å². The minimum Gasteiger partial charge on any atom is -0.258 e. The van der Waals surface area contributed by atoms with Crippen LogP contribution in [-0.4, -0.2) is 25.9 Å². The Morgan fingerprint density at radius 2 is 1.61 bits per heavy atom. The SMILES string of the molecule is O=[N+]([O-])c1ccc(-c2nn(-c3ccccc3)cc2/C=N/c2nc(-c3ccccc3)cs2)cc1. The standard InChI is InChI=1S/C25H17N5O2S/c31-30(32)22-13-11-19(12-14-22)24-20(16-29(28-24)21-9-5-2-6-10-21)15-26-25-27-23(17-33-25)18-7-3-1-4-8-18/h1-17H/b26-15+. The van der Waals surface area contributed by atoms with E-state index in [0.29, 0.717) is 10.8 Å². The molecule has 0 fully saturated rings. The fourth-order valence-electron chi connectivity index (χ4n) is 3.35. The van der Waals surface area contributed by atoms with E-state index in [9.17, 15) is 10.1 Å². The van der Waals surface area contributed by atoms with Crippen LogP contribution in [0.5, 0.6) is 0 Å². The van der Waals surface area contributed by atoms with Crippen molar-refractivity contribution in [2.75, 3.05) is 0 Å². The highest BCUT2D eigenvalue weighted by atomic mass is 32.1. The highest BCUT2D eigenvalue weighted by Crippen LogP contribution is 2.28. The lowest BCUT2D eigenvalue weighted by Crippen LogP contribution is -1.94. The molecule has 0 amide bonds. The van der Waals surface area contributed by atoms with Crippen molar-refractivity contribution in [1.82, 2.24) is 14.8 Å². The molecule has 5 aromatic rings. The Balaban J connectivity index is 1.51. The molecule has 7 nitrogen and oxygen atoms in total. The highest BCUT2D eigenvalue weighted by molar-refractivity contribution is 7.13. The van der Waals surface area contributed by atoms with Crippen LogP contribution in [0, 0.1) is 10.1 Å². The van der Waals surface area contributed by atoms with Gasteiger partial charge in [-0.3, -0.25) is 10.1 Å². The quantitative estimate of drug-likeness (QED) is 0.172. The van der Waals surface area contributed by atoms with E-state index in [0.717, 1.165) is 28.1 Å². The minimum atomic E-state index is -0.415. The zero-order valence-corrected chi connectivity index (χ0v) is 18.1. The zero-order chi connectivity index (χ0) is 22.6. The normalized spacial score (nSPS) is 11.2. The molecule has 0 aliphatic heterocycles. The van der Waals surface area contributed by atoms with Crippen molar-refractivity contribution in [3.05, 3.63) is 112 Å². The van der Waals surface area contributed by atoms with Crippen LogP contribution in [0.25, 0.3) is 28.2 Å². The number of hydrogen-bond acceptors (Lipinski definition) is 6. The van der Waals surface area contributed by atoms with Gasteiger partial charge in [-0.2, -0.15) is 5.10 Å². The molecule has 33 heavy (non-hydrogen) atoms. The molecule has 0 spiro atoms. The largest absolute Gasteiger partial charge is 0.269 e. The van der Waals surface area contributed by atoms with Gasteiger partial charge in [0.1, 0.15) is 5.69 Å². The van der Waals surface area contributed by atoms with Crippen molar-refractivity contribution >= 4 is 28.4 Å². The van der Waals surface area contributed by atoms with Crippen molar-refractivity contribution < 1.29 is 4.92 Å². The third-order valence-electron chi connectivity index (χ3n) is 4.99. The molecule has 0 saturated carbocycles. The van der Waals surface area contributed by atoms with Crippen LogP contribution < -0.4 is 0 Å². The molecule has 0 atom stereocenters. The van der Waals surface area contributed by atoms with E-state index in [1.54, 1.807) is 23.0 Å². The molecule has 8 heteroatoms. The smallest absolute Gasteiger partial charge is 0.258 e. The molecular formula is C25H17N5O2S. The van der Waals surface area contributed by atoms with Gasteiger partial charge in [-0.15, -0.1) is 11.3 Å². The predicted octanol–water partition coefficient (Wildman–Crippen LogP) is 6.32. The molecule has 2 aromatic heterocycles. The number of rotatable bonds is 6. The van der Waals surface area contributed by atoms with Gasteiger partial charge in [-0.1, -0.05) is 48.5 Å². The van der Waals surface area contributed by atoms with Crippen LogP contribution in [0.3, 0.4) is 0 Å². The van der Waals surface area contributed by atoms with Crippen LogP contribution in [0.4, 0.5) is 10.8 Å². The Bertz CT molecular complexity index is 1420. The maximum Gasteiger partial charge on any atom is 0.269 e. The van der Waals surface area contributed by atoms with Gasteiger partial charge < -0.3 is 0 Å². The molecule has 5 rings (SSSR count). The van der Waals surface area contributed by atoms with Crippen molar-refractivity contribution in [3.63, 3.8) is 0 Å². The van der Waals surface area contributed by atoms with E-state index in [4.69, 9.17) is 5.10 Å². The summed E-state index contributed by atoms with van der Waals surface area (Å²) in [6.45, 7) is 0. The Morgan fingerprint density at radius 1 is 0.909 bits per heavy atom. The second-order valence-electron chi connectivity index (χ2n) is 7.16. The lowest BCUT2D eigenvalue weighted by Gasteiger charge is -2.00. The number of non-ortho nitro benzene ring substituents is 1. The van der Waals surface area contributed by atoms with Gasteiger partial charge in [0.05, 0.1) is 16.3 Å². The fourth-order valence-corrected chi connectivity index (χ4v) is 4.02. The summed E-state index contributed by atoms with van der Waals surface area (Å²) in [6.07, 6.45) is 3.62. The van der Waals surface area contributed by atoms with Crippen molar-refractivity contribution in [1.29, 1.82) is 0 Å². The zero-order valence-electron chi connectivity index (χ0n) is 17.3. The summed E-state index contributed by atoms with van der Waals surface area (Å²) in [6, 6.07) is 26.0. The fraction of sp³-hybridized carbons (Fsp3) is 0. The third-order valence-corrected chi connectivity index (χ3v) is 5.74. The summed E-state index contributed by atoms with van der Waals surface area (Å²) < 4.78 is 1.77. The Kier molecular flexibility index (Phi) is 5.57. The molecule has 0 N–H and O–H groups in total. The molecule has 0 aliphatic rings. The summed E-state index contributed by atoms with van der Waals surface area (Å²) in [4.78, 5) is 19.8. The third kappa shape index (κ3) is 4.46. The number of nitrogens with zero attached hydrogens (tertiary/aromatic N) is 5. The first-order valence-corrected chi connectivity index (χ1v) is 11.0. The molecule has 0 radical (unpaired) electrons. The number of thiazole rings is 1. The number of hydrogen-bond donors (Lipinski definition) is 0. The number of aliphatic imine (C=N–C) groups is 1. The van der Waals surface area contributed by atoms with Gasteiger partial charge in [-0.05, 0) is 24.3 Å². The van der Waals surface area contributed by atoms with E-state index in [-0.39, 0.29) is 5.69 Å². The Hall–Kier alpha value is -4.43. The lowest BCUT2D eigenvalue weighted by atomic mass is 10.1. The van der Waals surface area contributed by atoms with Gasteiger partial charge in [0.15, 0.2) is 0 Å². The summed E-state index contributed by atoms with van der Waals surface area (Å²) in [5.74, 6) is 0. The summed E-state index contributed by atoms with van der Waals surface area (Å²) in [5, 5.41) is 18.4. The van der Waals surface area contributed by atoms with E-state index in [1.807, 2.05) is 72.2 Å². The average molecular weight is 452 g/mol. The molecule has 160 valence electrons. The van der Waals surface area contributed by atoms with E-state index >= 15 is 0 Å². The predicted molar refractivity (Wildman–Crippen MR) is 130 cm³/mol. The maximum absolute atomic E-state index is 11.0. The average Bonchev–Trinajstić information content (AvgIpc) is 3.51. The van der Waals surface area contributed by atoms with Crippen LogP contribution >= 0.6 is 11.3 Å². The van der Waals surface area contributed by atoms with Crippen LogP contribution in [0.1, 0.15) is 5.56 Å². The monoisotopic (exact) mass is 451 g/mol. The summed E-state index contributed by atoms with van der Waals surface area (Å²) >= 11 is 1.46. The first kappa shape index (κ1) is 20.5. The van der Waals surface area contributed by atoms with Gasteiger partial charge in [0.2, 0.25) is 5.13 Å². The highest BCUT2D eigenvalue weighted by Gasteiger charge is 2.13. The molecule has 0 saturated heterocycles. The minimum absolute atomic E-state index is 0.0349. The van der Waals surface area contributed by atoms with Crippen LogP contribution in [-0.2, 0) is 0 Å². The van der Waals surface area contributed by atoms with Gasteiger partial charge in [0.25, 0.3) is 5.69 Å². The van der Waals surface area contributed by atoms with Crippen molar-refractivity contribution in [2.45, 2.75) is 0 Å². The summed E-state index contributed by atoms with van der Waals surface area (Å²) in [7, 11) is 0. The molecule has 2 heterocycles. The van der Waals surface area contributed by atoms with Crippen molar-refractivity contribution in [3.8, 4) is 28.2 Å². The topological polar surface area (TPSA) is 86.2 Å². The van der Waals surface area contributed by atoms with Gasteiger partial charge in [-0.25, -0.2) is 14.7 Å². The first-order chi connectivity index (χ1) is 16.2. The van der Waals surface area contributed by atoms with Crippen LogP contribution in [0.2, 0.25) is 0 Å². The van der Waals surface area contributed by atoms with E-state index in [2.05, 4.69) is 9.98 Å². The number of benzene rings is 3.